The molecule has 1 atom stereocenters. The molecule has 0 fully saturated rings. The lowest BCUT2D eigenvalue weighted by atomic mass is 9.98. The van der Waals surface area contributed by atoms with Crippen LogP contribution in [0.5, 0.6) is 0 Å². The number of rotatable bonds is 6. The fraction of sp³-hybridized carbons (Fsp3) is 0.211. The fourth-order valence-electron chi connectivity index (χ4n) is 3.11. The van der Waals surface area contributed by atoms with E-state index in [2.05, 4.69) is 5.32 Å². The summed E-state index contributed by atoms with van der Waals surface area (Å²) in [7, 11) is 0. The van der Waals surface area contributed by atoms with Gasteiger partial charge in [-0.1, -0.05) is 48.5 Å². The van der Waals surface area contributed by atoms with Gasteiger partial charge in [0.25, 0.3) is 0 Å². The number of carboxylic acid groups (broad SMARTS) is 1. The van der Waals surface area contributed by atoms with E-state index in [1.54, 1.807) is 0 Å². The maximum atomic E-state index is 11.9. The maximum absolute atomic E-state index is 11.9. The number of fused-ring (bicyclic) bond motifs is 3. The van der Waals surface area contributed by atoms with Crippen LogP contribution in [0.15, 0.2) is 48.5 Å². The van der Waals surface area contributed by atoms with E-state index in [0.29, 0.717) is 6.29 Å². The molecular weight excluding hydrogens is 322 g/mol. The summed E-state index contributed by atoms with van der Waals surface area (Å²) in [6.07, 6.45) is -0.899. The van der Waals surface area contributed by atoms with E-state index in [1.807, 2.05) is 48.5 Å². The first-order valence-corrected chi connectivity index (χ1v) is 7.88. The molecule has 25 heavy (non-hydrogen) atoms. The molecule has 3 rings (SSSR count). The molecule has 2 aromatic carbocycles. The summed E-state index contributed by atoms with van der Waals surface area (Å²) >= 11 is 0. The number of carboxylic acids is 1. The molecule has 2 aromatic rings. The number of aldehydes is 1. The minimum atomic E-state index is -1.17. The average molecular weight is 339 g/mol. The summed E-state index contributed by atoms with van der Waals surface area (Å²) < 4.78 is 5.25. The lowest BCUT2D eigenvalue weighted by molar-refractivity contribution is -0.138. The van der Waals surface area contributed by atoms with Crippen molar-refractivity contribution >= 4 is 18.3 Å². The molecule has 6 nitrogen and oxygen atoms in total. The molecule has 0 unspecified atom stereocenters. The van der Waals surface area contributed by atoms with E-state index in [9.17, 15) is 14.4 Å². The quantitative estimate of drug-likeness (QED) is 0.789. The zero-order chi connectivity index (χ0) is 17.8. The van der Waals surface area contributed by atoms with Crippen LogP contribution >= 0.6 is 0 Å². The summed E-state index contributed by atoms with van der Waals surface area (Å²) in [6, 6.07) is 14.8. The van der Waals surface area contributed by atoms with Gasteiger partial charge in [0.05, 0.1) is 12.5 Å². The number of carbonyl (C=O) groups is 3. The van der Waals surface area contributed by atoms with Crippen LogP contribution in [0.2, 0.25) is 0 Å². The van der Waals surface area contributed by atoms with Crippen molar-refractivity contribution < 1.29 is 24.2 Å². The highest BCUT2D eigenvalue weighted by Gasteiger charge is 2.29. The molecule has 1 amide bonds. The normalized spacial score (nSPS) is 13.4. The predicted octanol–water partition coefficient (Wildman–Crippen LogP) is 2.57. The van der Waals surface area contributed by atoms with Crippen molar-refractivity contribution in [3.63, 3.8) is 0 Å². The Labute approximate surface area is 144 Å². The molecule has 0 saturated carbocycles. The van der Waals surface area contributed by atoms with Gasteiger partial charge >= 0.3 is 12.1 Å². The van der Waals surface area contributed by atoms with Gasteiger partial charge in [-0.05, 0) is 22.3 Å². The first-order chi connectivity index (χ1) is 12.1. The Morgan fingerprint density at radius 2 is 1.64 bits per heavy atom. The molecule has 6 heteroatoms. The minimum absolute atomic E-state index is 0.0905. The molecule has 0 aliphatic heterocycles. The van der Waals surface area contributed by atoms with Gasteiger partial charge < -0.3 is 20.0 Å². The molecule has 2 N–H and O–H groups in total. The molecule has 1 aliphatic carbocycles. The first-order valence-electron chi connectivity index (χ1n) is 7.88. The summed E-state index contributed by atoms with van der Waals surface area (Å²) in [4.78, 5) is 33.4. The van der Waals surface area contributed by atoms with Gasteiger partial charge in [-0.3, -0.25) is 4.79 Å². The van der Waals surface area contributed by atoms with Gasteiger partial charge in [-0.25, -0.2) is 4.79 Å². The fourth-order valence-corrected chi connectivity index (χ4v) is 3.11. The summed E-state index contributed by atoms with van der Waals surface area (Å²) in [6.45, 7) is 0.110. The largest absolute Gasteiger partial charge is 0.481 e. The van der Waals surface area contributed by atoms with Crippen molar-refractivity contribution in [3.05, 3.63) is 59.7 Å². The molecular formula is C19H17NO5. The first kappa shape index (κ1) is 16.7. The second kappa shape index (κ2) is 7.17. The van der Waals surface area contributed by atoms with E-state index in [0.717, 1.165) is 22.3 Å². The highest BCUT2D eigenvalue weighted by atomic mass is 16.5. The van der Waals surface area contributed by atoms with E-state index < -0.39 is 24.5 Å². The van der Waals surface area contributed by atoms with E-state index in [-0.39, 0.29) is 12.5 Å². The van der Waals surface area contributed by atoms with Crippen molar-refractivity contribution in [2.45, 2.75) is 18.4 Å². The van der Waals surface area contributed by atoms with Gasteiger partial charge in [-0.15, -0.1) is 0 Å². The SMILES string of the molecule is O=C[C@H](CC(=O)O)NC(=O)OCC1c2ccccc2-c2ccccc21. The third-order valence-electron chi connectivity index (χ3n) is 4.21. The Morgan fingerprint density at radius 1 is 1.08 bits per heavy atom. The smallest absolute Gasteiger partial charge is 0.407 e. The number of hydrogen-bond donors (Lipinski definition) is 2. The van der Waals surface area contributed by atoms with Gasteiger partial charge in [0.2, 0.25) is 0 Å². The molecule has 1 aliphatic rings. The second-order valence-electron chi connectivity index (χ2n) is 5.81. The Kier molecular flexibility index (Phi) is 4.79. The van der Waals surface area contributed by atoms with Gasteiger partial charge in [0.1, 0.15) is 12.9 Å². The van der Waals surface area contributed by atoms with E-state index in [4.69, 9.17) is 9.84 Å². The number of benzene rings is 2. The lowest BCUT2D eigenvalue weighted by Crippen LogP contribution is -2.38. The molecule has 0 saturated heterocycles. The Hall–Kier alpha value is -3.15. The Bertz CT molecular complexity index is 771. The van der Waals surface area contributed by atoms with Crippen LogP contribution in [-0.2, 0) is 14.3 Å². The topological polar surface area (TPSA) is 92.7 Å². The third kappa shape index (κ3) is 3.52. The maximum Gasteiger partial charge on any atom is 0.407 e. The highest BCUT2D eigenvalue weighted by Crippen LogP contribution is 2.44. The predicted molar refractivity (Wildman–Crippen MR) is 90.3 cm³/mol. The molecule has 0 heterocycles. The Balaban J connectivity index is 1.70. The van der Waals surface area contributed by atoms with E-state index >= 15 is 0 Å². The van der Waals surface area contributed by atoms with Crippen molar-refractivity contribution in [1.29, 1.82) is 0 Å². The van der Waals surface area contributed by atoms with Crippen LogP contribution in [-0.4, -0.2) is 36.1 Å². The number of aliphatic carboxylic acids is 1. The van der Waals surface area contributed by atoms with Gasteiger partial charge in [-0.2, -0.15) is 0 Å². The monoisotopic (exact) mass is 339 g/mol. The average Bonchev–Trinajstić information content (AvgIpc) is 2.93. The summed E-state index contributed by atoms with van der Waals surface area (Å²) in [5, 5.41) is 11.0. The van der Waals surface area contributed by atoms with Crippen molar-refractivity contribution in [2.24, 2.45) is 0 Å². The number of amides is 1. The second-order valence-corrected chi connectivity index (χ2v) is 5.81. The number of hydrogen-bond acceptors (Lipinski definition) is 4. The zero-order valence-electron chi connectivity index (χ0n) is 13.3. The number of carbonyl (C=O) groups excluding carboxylic acids is 2. The zero-order valence-corrected chi connectivity index (χ0v) is 13.3. The van der Waals surface area contributed by atoms with Crippen molar-refractivity contribution in [3.8, 4) is 11.1 Å². The standard InChI is InChI=1S/C19H17NO5/c21-10-12(9-18(22)23)20-19(24)25-11-17-15-7-3-1-5-13(15)14-6-2-4-8-16(14)17/h1-8,10,12,17H,9,11H2,(H,20,24)(H,22,23)/t12-/m0/s1. The molecule has 0 spiro atoms. The Morgan fingerprint density at radius 3 is 2.16 bits per heavy atom. The van der Waals surface area contributed by atoms with E-state index in [1.165, 1.54) is 0 Å². The number of nitrogens with one attached hydrogen (secondary N) is 1. The van der Waals surface area contributed by atoms with Crippen LogP contribution in [0, 0.1) is 0 Å². The van der Waals surface area contributed by atoms with Gasteiger partial charge in [0.15, 0.2) is 0 Å². The lowest BCUT2D eigenvalue weighted by Gasteiger charge is -2.16. The molecule has 0 aromatic heterocycles. The van der Waals surface area contributed by atoms with Crippen LogP contribution < -0.4 is 5.32 Å². The number of ether oxygens (including phenoxy) is 1. The molecule has 0 radical (unpaired) electrons. The summed E-state index contributed by atoms with van der Waals surface area (Å²) in [5.41, 5.74) is 4.38. The third-order valence-corrected chi connectivity index (χ3v) is 4.21. The van der Waals surface area contributed by atoms with Crippen molar-refractivity contribution in [1.82, 2.24) is 5.32 Å². The summed E-state index contributed by atoms with van der Waals surface area (Å²) in [5.74, 6) is -1.26. The van der Waals surface area contributed by atoms with Gasteiger partial charge in [0, 0.05) is 5.92 Å². The molecule has 128 valence electrons. The molecule has 0 bridgehead atoms. The number of alkyl carbamates (subject to hydrolysis) is 1. The van der Waals surface area contributed by atoms with Crippen LogP contribution in [0.1, 0.15) is 23.5 Å². The van der Waals surface area contributed by atoms with Crippen LogP contribution in [0.4, 0.5) is 4.79 Å². The van der Waals surface area contributed by atoms with Crippen LogP contribution in [0.3, 0.4) is 0 Å². The highest BCUT2D eigenvalue weighted by molar-refractivity contribution is 5.80. The minimum Gasteiger partial charge on any atom is -0.481 e. The van der Waals surface area contributed by atoms with Crippen molar-refractivity contribution in [2.75, 3.05) is 6.61 Å². The van der Waals surface area contributed by atoms with Crippen LogP contribution in [0.25, 0.3) is 11.1 Å².